The zero-order valence-corrected chi connectivity index (χ0v) is 37.9. The number of unbranched alkanes of at least 4 members (excludes halogenated alkanes) is 1. The summed E-state index contributed by atoms with van der Waals surface area (Å²) in [5.41, 5.74) is 2.49. The van der Waals surface area contributed by atoms with Crippen molar-refractivity contribution in [1.29, 1.82) is 0 Å². The van der Waals surface area contributed by atoms with Gasteiger partial charge in [-0.2, -0.15) is 0 Å². The Morgan fingerprint density at radius 2 is 1.72 bits per heavy atom. The molecule has 4 saturated heterocycles. The third-order valence-corrected chi connectivity index (χ3v) is 13.8. The number of esters is 1. The minimum Gasteiger partial charge on any atom is -0.457 e. The number of hydrogen-bond donors (Lipinski definition) is 3. The van der Waals surface area contributed by atoms with E-state index in [4.69, 9.17) is 29.4 Å². The molecule has 16 nitrogen and oxygen atoms in total. The zero-order valence-electron chi connectivity index (χ0n) is 37.9. The van der Waals surface area contributed by atoms with Crippen molar-refractivity contribution in [2.45, 2.75) is 154 Å². The molecule has 0 saturated carbocycles. The second kappa shape index (κ2) is 19.0. The highest BCUT2D eigenvalue weighted by Gasteiger charge is 2.61. The largest absolute Gasteiger partial charge is 0.457 e. The van der Waals surface area contributed by atoms with Gasteiger partial charge in [-0.1, -0.05) is 33.8 Å². The van der Waals surface area contributed by atoms with Crippen LogP contribution >= 0.6 is 0 Å². The van der Waals surface area contributed by atoms with Crippen LogP contribution < -0.4 is 11.1 Å². The summed E-state index contributed by atoms with van der Waals surface area (Å²) in [6.07, 6.45) is -0.892. The number of ketones is 2. The predicted molar refractivity (Wildman–Crippen MR) is 224 cm³/mol. The highest BCUT2D eigenvalue weighted by atomic mass is 16.7. The van der Waals surface area contributed by atoms with Crippen molar-refractivity contribution in [3.8, 4) is 0 Å². The van der Waals surface area contributed by atoms with Crippen LogP contribution in [0.3, 0.4) is 0 Å². The first-order valence-corrected chi connectivity index (χ1v) is 21.8. The van der Waals surface area contributed by atoms with E-state index in [1.54, 1.807) is 37.9 Å². The van der Waals surface area contributed by atoms with Gasteiger partial charge < -0.3 is 44.3 Å². The Kier molecular flexibility index (Phi) is 15.1. The Morgan fingerprint density at radius 3 is 2.33 bits per heavy atom. The van der Waals surface area contributed by atoms with Crippen molar-refractivity contribution in [3.63, 3.8) is 0 Å². The maximum Gasteiger partial charge on any atom is 0.410 e. The molecule has 4 fully saturated rings. The number of aromatic nitrogens is 1. The number of carbonyl (C=O) groups excluding carboxylic acids is 4. The Hall–Kier alpha value is -3.25. The first kappa shape index (κ1) is 47.8. The first-order chi connectivity index (χ1) is 28.1. The maximum atomic E-state index is 14.8. The number of fused-ring (bicyclic) bond motifs is 1. The van der Waals surface area contributed by atoms with E-state index in [0.717, 1.165) is 25.1 Å². The van der Waals surface area contributed by atoms with Gasteiger partial charge in [-0.3, -0.25) is 24.6 Å². The minimum atomic E-state index is -1.67. The van der Waals surface area contributed by atoms with Crippen molar-refractivity contribution in [2.75, 3.05) is 53.2 Å². The molecule has 0 aromatic carbocycles. The SMILES string of the molecule is CC[C@H]1OC(=O)C(C)(C)C(=O)[C@H](C)[C@@H](O[C@@H]2O[C@H](C)C[C@H](N(C)C)[C@H]2O)[C@](C)(OC)C[C@@H](C)C(=O)[C@H](C)[C@H]2N(CCCCN3CNC(c4ccc(N)nc4)C3)C(=O)O[C@]12C. The molecule has 4 N–H and O–H groups in total. The van der Waals surface area contributed by atoms with Crippen LogP contribution in [0.5, 0.6) is 0 Å². The summed E-state index contributed by atoms with van der Waals surface area (Å²) in [7, 11) is 5.25. The monoisotopic (exact) mass is 845 g/mol. The number of nitrogens with two attached hydrogens (primary N) is 1. The molecule has 0 radical (unpaired) electrons. The van der Waals surface area contributed by atoms with E-state index >= 15 is 0 Å². The predicted octanol–water partition coefficient (Wildman–Crippen LogP) is 3.94. The van der Waals surface area contributed by atoms with Crippen molar-refractivity contribution in [2.24, 2.45) is 23.2 Å². The number of nitrogens with one attached hydrogen (secondary N) is 1. The van der Waals surface area contributed by atoms with Crippen LogP contribution in [-0.2, 0) is 38.1 Å². The highest BCUT2D eigenvalue weighted by Crippen LogP contribution is 2.44. The van der Waals surface area contributed by atoms with Gasteiger partial charge >= 0.3 is 12.1 Å². The molecule has 13 atom stereocenters. The molecule has 1 aromatic heterocycles. The van der Waals surface area contributed by atoms with Crippen LogP contribution in [-0.4, -0.2) is 150 Å². The van der Waals surface area contributed by atoms with Crippen LogP contribution in [0.2, 0.25) is 0 Å². The Bertz CT molecular complexity index is 1680. The van der Waals surface area contributed by atoms with Crippen LogP contribution in [0.1, 0.15) is 106 Å². The average Bonchev–Trinajstić information content (AvgIpc) is 3.78. The Labute approximate surface area is 356 Å². The normalized spacial score (nSPS) is 38.4. The molecule has 0 bridgehead atoms. The minimum absolute atomic E-state index is 0.127. The van der Waals surface area contributed by atoms with Crippen molar-refractivity contribution < 1.29 is 48.0 Å². The number of methoxy groups -OCH3 is 1. The Balaban J connectivity index is 1.42. The lowest BCUT2D eigenvalue weighted by Gasteiger charge is -2.47. The molecule has 1 unspecified atom stereocenters. The summed E-state index contributed by atoms with van der Waals surface area (Å²) in [6, 6.07) is 2.84. The average molecular weight is 845 g/mol. The van der Waals surface area contributed by atoms with Gasteiger partial charge in [0.15, 0.2) is 17.7 Å². The molecule has 1 amide bonds. The summed E-state index contributed by atoms with van der Waals surface area (Å²) in [5.74, 6) is -3.29. The molecule has 0 aliphatic carbocycles. The molecule has 16 heteroatoms. The van der Waals surface area contributed by atoms with E-state index in [1.807, 2.05) is 52.8 Å². The van der Waals surface area contributed by atoms with Crippen molar-refractivity contribution in [1.82, 2.24) is 25.0 Å². The third-order valence-electron chi connectivity index (χ3n) is 13.8. The van der Waals surface area contributed by atoms with Gasteiger partial charge in [0, 0.05) is 62.9 Å². The number of nitrogen functional groups attached to an aromatic ring is 1. The number of nitrogens with zero attached hydrogens (tertiary/aromatic N) is 4. The van der Waals surface area contributed by atoms with Gasteiger partial charge in [0.1, 0.15) is 29.2 Å². The van der Waals surface area contributed by atoms with Crippen molar-refractivity contribution >= 4 is 29.4 Å². The van der Waals surface area contributed by atoms with Gasteiger partial charge in [0.2, 0.25) is 0 Å². The van der Waals surface area contributed by atoms with Crippen molar-refractivity contribution in [3.05, 3.63) is 23.9 Å². The number of cyclic esters (lactones) is 1. The van der Waals surface area contributed by atoms with Gasteiger partial charge in [-0.25, -0.2) is 9.78 Å². The van der Waals surface area contributed by atoms with Crippen LogP contribution in [0, 0.1) is 23.2 Å². The number of Topliss-reactive ketones (excluding diaryl/α,β-unsaturated/α-hetero) is 2. The number of aliphatic hydroxyl groups excluding tert-OH is 1. The summed E-state index contributed by atoms with van der Waals surface area (Å²) >= 11 is 0. The molecular formula is C44H72N6O10. The number of carbonyl (C=O) groups is 4. The van der Waals surface area contributed by atoms with Gasteiger partial charge in [0.25, 0.3) is 0 Å². The summed E-state index contributed by atoms with van der Waals surface area (Å²) in [6.45, 7) is 18.2. The quantitative estimate of drug-likeness (QED) is 0.165. The van der Waals surface area contributed by atoms with E-state index in [1.165, 1.54) is 21.0 Å². The van der Waals surface area contributed by atoms with Crippen LogP contribution in [0.4, 0.5) is 10.6 Å². The first-order valence-electron chi connectivity index (χ1n) is 21.8. The smallest absolute Gasteiger partial charge is 0.410 e. The fourth-order valence-corrected chi connectivity index (χ4v) is 10.2. The number of ether oxygens (including phenoxy) is 5. The zero-order chi connectivity index (χ0) is 44.5. The highest BCUT2D eigenvalue weighted by molar-refractivity contribution is 6.04. The number of likely N-dealkylation sites (N-methyl/N-ethyl adjacent to an activating group) is 1. The van der Waals surface area contributed by atoms with Crippen LogP contribution in [0.25, 0.3) is 0 Å². The molecule has 4 aliphatic heterocycles. The lowest BCUT2D eigenvalue weighted by atomic mass is 9.71. The van der Waals surface area contributed by atoms with E-state index in [0.29, 0.717) is 31.9 Å². The molecular weight excluding hydrogens is 773 g/mol. The third kappa shape index (κ3) is 9.69. The van der Waals surface area contributed by atoms with Gasteiger partial charge in [-0.15, -0.1) is 0 Å². The standard InChI is InChI=1S/C44H72N6O10/c1-13-32-44(9)36(50(41(55)60-44)19-15-14-18-49-23-30(47-24-49)29-16-17-33(45)46-22-29)27(4)34(51)25(2)21-43(8,56-12)38(28(5)37(53)42(6,7)40(54)58-32)59-39-35(52)31(48(10)11)20-26(3)57-39/h16-17,22,25-28,30-32,35-36,38-39,47,52H,13-15,18-21,23-24H2,1-12H3,(H2,45,46)/t25-,26-,27+,28+,30?,31+,32-,35-,36-,38-,39+,43-,44-/m1/s1. The maximum absolute atomic E-state index is 14.8. The molecule has 60 heavy (non-hydrogen) atoms. The molecule has 5 rings (SSSR count). The summed E-state index contributed by atoms with van der Waals surface area (Å²) in [5, 5.41) is 15.0. The molecule has 4 aliphatic rings. The molecule has 338 valence electrons. The number of rotatable bonds is 11. The molecule has 5 heterocycles. The second-order valence-corrected chi connectivity index (χ2v) is 18.9. The molecule has 1 aromatic rings. The summed E-state index contributed by atoms with van der Waals surface area (Å²) < 4.78 is 31.5. The number of amides is 1. The number of pyridine rings is 1. The van der Waals surface area contributed by atoms with E-state index in [9.17, 15) is 24.3 Å². The van der Waals surface area contributed by atoms with Crippen LogP contribution in [0.15, 0.2) is 18.3 Å². The number of aliphatic hydroxyl groups is 1. The van der Waals surface area contributed by atoms with Gasteiger partial charge in [-0.05, 0) is 99.0 Å². The van der Waals surface area contributed by atoms with E-state index in [-0.39, 0.29) is 36.8 Å². The number of anilines is 1. The topological polar surface area (TPSA) is 195 Å². The fraction of sp³-hybridized carbons (Fsp3) is 0.795. The second-order valence-electron chi connectivity index (χ2n) is 18.9. The summed E-state index contributed by atoms with van der Waals surface area (Å²) in [4.78, 5) is 67.8. The fourth-order valence-electron chi connectivity index (χ4n) is 10.2. The number of hydrogen-bond acceptors (Lipinski definition) is 15. The van der Waals surface area contributed by atoms with E-state index < -0.39 is 82.9 Å². The lowest BCUT2D eigenvalue weighted by molar-refractivity contribution is -0.295. The van der Waals surface area contributed by atoms with E-state index in [2.05, 4.69) is 15.2 Å². The Morgan fingerprint density at radius 1 is 1.03 bits per heavy atom. The van der Waals surface area contributed by atoms with Gasteiger partial charge in [0.05, 0.1) is 23.9 Å². The lowest BCUT2D eigenvalue weighted by Crippen LogP contribution is -2.61. The molecule has 0 spiro atoms.